The molecule has 0 bridgehead atoms. The smallest absolute Gasteiger partial charge is 0.170 e. The molecule has 2 aromatic carbocycles. The number of methoxy groups -OCH3 is 3. The Bertz CT molecular complexity index is 1100. The van der Waals surface area contributed by atoms with E-state index in [0.29, 0.717) is 18.4 Å². The number of rotatable bonds is 11. The summed E-state index contributed by atoms with van der Waals surface area (Å²) in [6, 6.07) is 0. The molecule has 8 heteroatoms. The highest BCUT2D eigenvalue weighted by molar-refractivity contribution is 6.04. The zero-order valence-electron chi connectivity index (χ0n) is 20.9. The zero-order valence-corrected chi connectivity index (χ0v) is 20.9. The lowest BCUT2D eigenvalue weighted by molar-refractivity contribution is 0.0967. The third kappa shape index (κ3) is 4.62. The number of hydrogen-bond donors (Lipinski definition) is 3. The molecule has 0 amide bonds. The normalized spacial score (nSPS) is 10.8. The van der Waals surface area contributed by atoms with Gasteiger partial charge in [-0.15, -0.1) is 0 Å². The third-order valence-corrected chi connectivity index (χ3v) is 5.91. The van der Waals surface area contributed by atoms with Gasteiger partial charge in [0.05, 0.1) is 21.3 Å². The van der Waals surface area contributed by atoms with Crippen LogP contribution in [0.5, 0.6) is 34.5 Å². The Morgan fingerprint density at radius 2 is 1.06 bits per heavy atom. The molecule has 0 fully saturated rings. The van der Waals surface area contributed by atoms with E-state index >= 15 is 0 Å². The lowest BCUT2D eigenvalue weighted by Crippen LogP contribution is -2.10. The highest BCUT2D eigenvalue weighted by Crippen LogP contribution is 2.48. The van der Waals surface area contributed by atoms with Crippen LogP contribution in [-0.2, 0) is 6.42 Å². The van der Waals surface area contributed by atoms with Crippen LogP contribution in [0.25, 0.3) is 0 Å². The summed E-state index contributed by atoms with van der Waals surface area (Å²) in [7, 11) is 4.17. The van der Waals surface area contributed by atoms with Gasteiger partial charge in [-0.1, -0.05) is 13.8 Å². The molecule has 0 aromatic heterocycles. The van der Waals surface area contributed by atoms with E-state index in [1.807, 2.05) is 13.8 Å². The number of phenolic OH excluding ortho intramolecular Hbond substituents is 3. The van der Waals surface area contributed by atoms with Crippen molar-refractivity contribution in [3.8, 4) is 34.5 Å². The van der Waals surface area contributed by atoms with Crippen LogP contribution in [0.15, 0.2) is 0 Å². The van der Waals surface area contributed by atoms with Crippen molar-refractivity contribution in [1.29, 1.82) is 0 Å². The summed E-state index contributed by atoms with van der Waals surface area (Å²) >= 11 is 0. The van der Waals surface area contributed by atoms with Gasteiger partial charge in [-0.2, -0.15) is 0 Å². The molecule has 0 radical (unpaired) electrons. The van der Waals surface area contributed by atoms with Crippen LogP contribution in [-0.4, -0.2) is 48.2 Å². The Kier molecular flexibility index (Phi) is 8.79. The number of aromatic hydroxyl groups is 3. The van der Waals surface area contributed by atoms with Crippen molar-refractivity contribution in [3.63, 3.8) is 0 Å². The Balaban J connectivity index is 2.88. The maximum atomic E-state index is 12.8. The van der Waals surface area contributed by atoms with Gasteiger partial charge in [0.25, 0.3) is 0 Å². The summed E-state index contributed by atoms with van der Waals surface area (Å²) in [5.41, 5.74) is 0.961. The van der Waals surface area contributed by atoms with Crippen molar-refractivity contribution in [2.24, 2.45) is 0 Å². The number of carbonyl (C=O) groups excluding carboxylic acids is 2. The third-order valence-electron chi connectivity index (χ3n) is 5.91. The molecule has 0 spiro atoms. The van der Waals surface area contributed by atoms with Crippen LogP contribution >= 0.6 is 0 Å². The molecule has 0 aliphatic rings. The minimum atomic E-state index is -0.435. The largest absolute Gasteiger partial charge is 0.507 e. The van der Waals surface area contributed by atoms with Crippen molar-refractivity contribution in [2.45, 2.75) is 59.8 Å². The van der Waals surface area contributed by atoms with Gasteiger partial charge >= 0.3 is 0 Å². The summed E-state index contributed by atoms with van der Waals surface area (Å²) in [4.78, 5) is 25.6. The monoisotopic (exact) mass is 474 g/mol. The number of ketones is 2. The lowest BCUT2D eigenvalue weighted by Gasteiger charge is -2.22. The van der Waals surface area contributed by atoms with Crippen molar-refractivity contribution in [1.82, 2.24) is 0 Å². The van der Waals surface area contributed by atoms with E-state index in [0.717, 1.165) is 0 Å². The van der Waals surface area contributed by atoms with Crippen LogP contribution in [0.1, 0.15) is 82.5 Å². The van der Waals surface area contributed by atoms with Crippen LogP contribution in [0.4, 0.5) is 0 Å². The van der Waals surface area contributed by atoms with Crippen LogP contribution in [0.2, 0.25) is 0 Å². The molecule has 8 nitrogen and oxygen atoms in total. The van der Waals surface area contributed by atoms with Crippen LogP contribution in [0.3, 0.4) is 0 Å². The summed E-state index contributed by atoms with van der Waals surface area (Å²) in [6.45, 7) is 6.96. The van der Waals surface area contributed by atoms with Crippen molar-refractivity contribution in [2.75, 3.05) is 21.3 Å². The molecule has 0 unspecified atom stereocenters. The minimum Gasteiger partial charge on any atom is -0.507 e. The standard InChI is InChI=1S/C26H34O8/c1-8-10-17(27)19-22(30)15(21(29)13(3)25(19)33-6)12-16-23(31)20(18(28)11-9-2)26(34-7)14(4)24(16)32-5/h29-31H,8-12H2,1-7H3. The summed E-state index contributed by atoms with van der Waals surface area (Å²) in [5, 5.41) is 33.2. The first kappa shape index (κ1) is 26.8. The summed E-state index contributed by atoms with van der Waals surface area (Å²) < 4.78 is 16.3. The van der Waals surface area contributed by atoms with Crippen molar-refractivity contribution in [3.05, 3.63) is 33.4 Å². The molecule has 0 heterocycles. The van der Waals surface area contributed by atoms with Gasteiger partial charge in [0.2, 0.25) is 0 Å². The first-order valence-electron chi connectivity index (χ1n) is 11.2. The molecule has 0 aliphatic heterocycles. The second kappa shape index (κ2) is 11.1. The predicted molar refractivity (Wildman–Crippen MR) is 128 cm³/mol. The van der Waals surface area contributed by atoms with E-state index in [4.69, 9.17) is 14.2 Å². The maximum absolute atomic E-state index is 12.8. The number of carbonyl (C=O) groups is 2. The number of Topliss-reactive ketones (excluding diaryl/α,β-unsaturated/α-hetero) is 2. The maximum Gasteiger partial charge on any atom is 0.170 e. The molecule has 0 saturated heterocycles. The van der Waals surface area contributed by atoms with Crippen LogP contribution in [0, 0.1) is 13.8 Å². The molecule has 0 aliphatic carbocycles. The second-order valence-corrected chi connectivity index (χ2v) is 8.13. The average molecular weight is 475 g/mol. The predicted octanol–water partition coefficient (Wildman–Crippen LogP) is 5.00. The fourth-order valence-corrected chi connectivity index (χ4v) is 4.29. The van der Waals surface area contributed by atoms with Gasteiger partial charge in [0.1, 0.15) is 45.6 Å². The fraction of sp³-hybridized carbons (Fsp3) is 0.462. The highest BCUT2D eigenvalue weighted by Gasteiger charge is 2.31. The molecular weight excluding hydrogens is 440 g/mol. The average Bonchev–Trinajstić information content (AvgIpc) is 2.80. The molecule has 3 N–H and O–H groups in total. The summed E-state index contributed by atoms with van der Waals surface area (Å²) in [6.07, 6.45) is 1.30. The molecule has 34 heavy (non-hydrogen) atoms. The fourth-order valence-electron chi connectivity index (χ4n) is 4.29. The minimum absolute atomic E-state index is 0.0177. The van der Waals surface area contributed by atoms with E-state index in [1.54, 1.807) is 13.8 Å². The van der Waals surface area contributed by atoms with Gasteiger partial charge in [0, 0.05) is 41.5 Å². The number of phenols is 3. The molecule has 2 aromatic rings. The number of ether oxygens (including phenoxy) is 3. The Hall–Kier alpha value is -3.42. The Morgan fingerprint density at radius 1 is 0.647 bits per heavy atom. The van der Waals surface area contributed by atoms with Gasteiger partial charge in [-0.25, -0.2) is 0 Å². The molecule has 0 saturated carbocycles. The Labute approximate surface area is 200 Å². The number of benzene rings is 2. The van der Waals surface area contributed by atoms with E-state index in [-0.39, 0.29) is 87.4 Å². The number of hydrogen-bond acceptors (Lipinski definition) is 8. The molecule has 2 rings (SSSR count). The van der Waals surface area contributed by atoms with Gasteiger partial charge < -0.3 is 29.5 Å². The van der Waals surface area contributed by atoms with E-state index in [1.165, 1.54) is 21.3 Å². The van der Waals surface area contributed by atoms with Crippen LogP contribution < -0.4 is 14.2 Å². The van der Waals surface area contributed by atoms with E-state index < -0.39 is 5.75 Å². The molecule has 186 valence electrons. The highest BCUT2D eigenvalue weighted by atomic mass is 16.5. The van der Waals surface area contributed by atoms with Gasteiger partial charge in [-0.05, 0) is 26.7 Å². The first-order valence-corrected chi connectivity index (χ1v) is 11.2. The Morgan fingerprint density at radius 3 is 1.47 bits per heavy atom. The zero-order chi connectivity index (χ0) is 25.7. The topological polar surface area (TPSA) is 123 Å². The van der Waals surface area contributed by atoms with Gasteiger partial charge in [-0.3, -0.25) is 9.59 Å². The van der Waals surface area contributed by atoms with E-state index in [9.17, 15) is 24.9 Å². The van der Waals surface area contributed by atoms with Crippen molar-refractivity contribution < 1.29 is 39.1 Å². The first-order chi connectivity index (χ1) is 16.1. The summed E-state index contributed by atoms with van der Waals surface area (Å²) in [5.74, 6) is -1.16. The van der Waals surface area contributed by atoms with Gasteiger partial charge in [0.15, 0.2) is 11.6 Å². The quantitative estimate of drug-likeness (QED) is 0.389. The molecular formula is C26H34O8. The molecule has 0 atom stereocenters. The second-order valence-electron chi connectivity index (χ2n) is 8.13. The van der Waals surface area contributed by atoms with Crippen molar-refractivity contribution >= 4 is 11.6 Å². The SMILES string of the molecule is CCCC(=O)c1c(O)c(Cc2c(O)c(C(=O)CCC)c(OC)c(C)c2OC)c(O)c(C)c1OC. The van der Waals surface area contributed by atoms with E-state index in [2.05, 4.69) is 0 Å². The lowest BCUT2D eigenvalue weighted by atomic mass is 9.89.